The number of ether oxygens (including phenoxy) is 3. The van der Waals surface area contributed by atoms with E-state index >= 15 is 0 Å². The molecule has 0 aliphatic rings. The summed E-state index contributed by atoms with van der Waals surface area (Å²) in [7, 11) is 1.62. The van der Waals surface area contributed by atoms with Crippen molar-refractivity contribution in [2.45, 2.75) is 39.4 Å². The molecule has 0 heterocycles. The highest BCUT2D eigenvalue weighted by Gasteiger charge is 2.16. The van der Waals surface area contributed by atoms with Crippen molar-refractivity contribution in [1.29, 1.82) is 0 Å². The summed E-state index contributed by atoms with van der Waals surface area (Å²) in [6.45, 7) is 4.50. The molecule has 1 aromatic rings. The minimum Gasteiger partial charge on any atom is -0.497 e. The molecule has 0 amide bonds. The maximum Gasteiger partial charge on any atom is 0.330 e. The molecule has 0 N–H and O–H groups in total. The molecule has 0 aliphatic carbocycles. The van der Waals surface area contributed by atoms with E-state index in [2.05, 4.69) is 0 Å². The lowest BCUT2D eigenvalue weighted by Gasteiger charge is -2.21. The molecule has 5 nitrogen and oxygen atoms in total. The molecule has 0 saturated heterocycles. The van der Waals surface area contributed by atoms with Crippen LogP contribution in [0.4, 0.5) is 0 Å². The van der Waals surface area contributed by atoms with Crippen LogP contribution in [0.5, 0.6) is 5.75 Å². The van der Waals surface area contributed by atoms with Gasteiger partial charge in [0.2, 0.25) is 0 Å². The molecule has 0 radical (unpaired) electrons. The van der Waals surface area contributed by atoms with Crippen LogP contribution in [0.15, 0.2) is 36.4 Å². The predicted octanol–water partition coefficient (Wildman–Crippen LogP) is 3.31. The molecule has 5 heteroatoms. The number of carbonyl (C=O) groups is 2. The Morgan fingerprint density at radius 3 is 2.54 bits per heavy atom. The molecular weight excluding hydrogens is 308 g/mol. The molecule has 0 aliphatic heterocycles. The Kier molecular flexibility index (Phi) is 9.46. The molecule has 2 atom stereocenters. The fourth-order valence-electron chi connectivity index (χ4n) is 2.20. The van der Waals surface area contributed by atoms with Gasteiger partial charge in [-0.25, -0.2) is 4.79 Å². The van der Waals surface area contributed by atoms with Gasteiger partial charge in [-0.15, -0.1) is 0 Å². The van der Waals surface area contributed by atoms with E-state index < -0.39 is 0 Å². The third kappa shape index (κ3) is 7.42. The van der Waals surface area contributed by atoms with Gasteiger partial charge in [0.05, 0.1) is 26.4 Å². The number of carbonyl (C=O) groups excluding carboxylic acids is 2. The second-order valence-electron chi connectivity index (χ2n) is 5.41. The third-order valence-corrected chi connectivity index (χ3v) is 3.60. The van der Waals surface area contributed by atoms with Gasteiger partial charge in [0.1, 0.15) is 12.0 Å². The van der Waals surface area contributed by atoms with E-state index in [4.69, 9.17) is 14.2 Å². The van der Waals surface area contributed by atoms with Crippen LogP contribution in [0.25, 0.3) is 0 Å². The van der Waals surface area contributed by atoms with Gasteiger partial charge >= 0.3 is 5.97 Å². The highest BCUT2D eigenvalue weighted by molar-refractivity contribution is 5.81. The van der Waals surface area contributed by atoms with E-state index in [0.29, 0.717) is 26.1 Å². The van der Waals surface area contributed by atoms with E-state index in [1.165, 1.54) is 6.08 Å². The molecule has 24 heavy (non-hydrogen) atoms. The standard InChI is InChI=1S/C19H26O5/c1-4-23-19(21)12-7-15(2)18(6-5-13-20)24-14-16-8-10-17(22-3)11-9-16/h7-13,15,18H,4-6,14H2,1-3H3. The van der Waals surface area contributed by atoms with Crippen molar-refractivity contribution in [2.24, 2.45) is 5.92 Å². The zero-order valence-electron chi connectivity index (χ0n) is 14.6. The molecule has 1 aromatic carbocycles. The predicted molar refractivity (Wildman–Crippen MR) is 91.8 cm³/mol. The number of rotatable bonds is 11. The summed E-state index contributed by atoms with van der Waals surface area (Å²) < 4.78 is 16.0. The van der Waals surface area contributed by atoms with Crippen molar-refractivity contribution in [3.63, 3.8) is 0 Å². The molecule has 0 bridgehead atoms. The first-order chi connectivity index (χ1) is 11.6. The van der Waals surface area contributed by atoms with Gasteiger partial charge in [-0.1, -0.05) is 25.1 Å². The summed E-state index contributed by atoms with van der Waals surface area (Å²) in [5.74, 6) is 0.420. The Morgan fingerprint density at radius 2 is 1.96 bits per heavy atom. The van der Waals surface area contributed by atoms with Crippen LogP contribution in [0.1, 0.15) is 32.3 Å². The van der Waals surface area contributed by atoms with Crippen LogP contribution in [-0.4, -0.2) is 32.1 Å². The van der Waals surface area contributed by atoms with Gasteiger partial charge in [-0.05, 0) is 31.0 Å². The number of esters is 1. The number of aldehydes is 1. The van der Waals surface area contributed by atoms with Gasteiger partial charge < -0.3 is 19.0 Å². The minimum atomic E-state index is -0.367. The smallest absolute Gasteiger partial charge is 0.330 e. The fourth-order valence-corrected chi connectivity index (χ4v) is 2.20. The normalized spacial score (nSPS) is 13.5. The largest absolute Gasteiger partial charge is 0.497 e. The average Bonchev–Trinajstić information content (AvgIpc) is 2.60. The summed E-state index contributed by atoms with van der Waals surface area (Å²) in [6.07, 6.45) is 4.94. The zero-order chi connectivity index (χ0) is 17.8. The summed E-state index contributed by atoms with van der Waals surface area (Å²) in [5, 5.41) is 0. The van der Waals surface area contributed by atoms with Crippen molar-refractivity contribution >= 4 is 12.3 Å². The molecule has 0 aromatic heterocycles. The summed E-state index contributed by atoms with van der Waals surface area (Å²) in [5.41, 5.74) is 1.02. The van der Waals surface area contributed by atoms with Crippen molar-refractivity contribution in [2.75, 3.05) is 13.7 Å². The van der Waals surface area contributed by atoms with Gasteiger partial charge in [0.25, 0.3) is 0 Å². The topological polar surface area (TPSA) is 61.8 Å². The van der Waals surface area contributed by atoms with Crippen molar-refractivity contribution < 1.29 is 23.8 Å². The molecule has 0 saturated carbocycles. The highest BCUT2D eigenvalue weighted by atomic mass is 16.5. The molecular formula is C19H26O5. The lowest BCUT2D eigenvalue weighted by molar-refractivity contribution is -0.137. The monoisotopic (exact) mass is 334 g/mol. The number of hydrogen-bond donors (Lipinski definition) is 0. The summed E-state index contributed by atoms with van der Waals surface area (Å²) in [4.78, 5) is 22.1. The third-order valence-electron chi connectivity index (χ3n) is 3.60. The van der Waals surface area contributed by atoms with Crippen molar-refractivity contribution in [1.82, 2.24) is 0 Å². The first-order valence-corrected chi connectivity index (χ1v) is 8.13. The molecule has 132 valence electrons. The van der Waals surface area contributed by atoms with Gasteiger partial charge in [0.15, 0.2) is 0 Å². The maximum atomic E-state index is 11.4. The SMILES string of the molecule is CCOC(=O)C=CC(C)C(CCC=O)OCc1ccc(OC)cc1. The lowest BCUT2D eigenvalue weighted by Crippen LogP contribution is -2.21. The zero-order valence-corrected chi connectivity index (χ0v) is 14.6. The molecule has 0 spiro atoms. The van der Waals surface area contributed by atoms with Crippen LogP contribution in [0.3, 0.4) is 0 Å². The number of methoxy groups -OCH3 is 1. The second kappa shape index (κ2) is 11.4. The van der Waals surface area contributed by atoms with Crippen LogP contribution in [0.2, 0.25) is 0 Å². The highest BCUT2D eigenvalue weighted by Crippen LogP contribution is 2.18. The minimum absolute atomic E-state index is 0.00685. The Hall–Kier alpha value is -2.14. The Bertz CT molecular complexity index is 521. The molecule has 2 unspecified atom stereocenters. The molecule has 1 rings (SSSR count). The first kappa shape index (κ1) is 19.9. The van der Waals surface area contributed by atoms with Crippen molar-refractivity contribution in [3.05, 3.63) is 42.0 Å². The van der Waals surface area contributed by atoms with Gasteiger partial charge in [-0.3, -0.25) is 0 Å². The second-order valence-corrected chi connectivity index (χ2v) is 5.41. The van der Waals surface area contributed by atoms with Crippen LogP contribution >= 0.6 is 0 Å². The summed E-state index contributed by atoms with van der Waals surface area (Å²) >= 11 is 0. The number of benzene rings is 1. The fraction of sp³-hybridized carbons (Fsp3) is 0.474. The Labute approximate surface area is 143 Å². The Morgan fingerprint density at radius 1 is 1.25 bits per heavy atom. The Balaban J connectivity index is 2.62. The average molecular weight is 334 g/mol. The van der Waals surface area contributed by atoms with E-state index in [1.807, 2.05) is 31.2 Å². The maximum absolute atomic E-state index is 11.4. The van der Waals surface area contributed by atoms with E-state index in [-0.39, 0.29) is 18.0 Å². The van der Waals surface area contributed by atoms with Gasteiger partial charge in [0, 0.05) is 18.4 Å². The number of hydrogen-bond acceptors (Lipinski definition) is 5. The quantitative estimate of drug-likeness (QED) is 0.353. The van der Waals surface area contributed by atoms with E-state index in [0.717, 1.165) is 17.6 Å². The van der Waals surface area contributed by atoms with Crippen LogP contribution < -0.4 is 4.74 Å². The van der Waals surface area contributed by atoms with Gasteiger partial charge in [-0.2, -0.15) is 0 Å². The van der Waals surface area contributed by atoms with E-state index in [1.54, 1.807) is 20.1 Å². The van der Waals surface area contributed by atoms with E-state index in [9.17, 15) is 9.59 Å². The van der Waals surface area contributed by atoms with Crippen molar-refractivity contribution in [3.8, 4) is 5.75 Å². The van der Waals surface area contributed by atoms with Crippen LogP contribution in [0, 0.1) is 5.92 Å². The first-order valence-electron chi connectivity index (χ1n) is 8.13. The lowest BCUT2D eigenvalue weighted by atomic mass is 9.99. The molecule has 0 fully saturated rings. The summed E-state index contributed by atoms with van der Waals surface area (Å²) in [6, 6.07) is 7.63. The van der Waals surface area contributed by atoms with Crippen LogP contribution in [-0.2, 0) is 25.7 Å².